The first-order chi connectivity index (χ1) is 15.9. The van der Waals surface area contributed by atoms with Gasteiger partial charge in [0, 0.05) is 5.02 Å². The van der Waals surface area contributed by atoms with Gasteiger partial charge in [-0.2, -0.15) is 9.78 Å². The van der Waals surface area contributed by atoms with Gasteiger partial charge in [-0.3, -0.25) is 0 Å². The molecule has 3 aromatic carbocycles. The number of halogens is 1. The first kappa shape index (κ1) is 21.1. The van der Waals surface area contributed by atoms with Crippen molar-refractivity contribution < 1.29 is 8.42 Å². The summed E-state index contributed by atoms with van der Waals surface area (Å²) >= 11 is 6.06. The van der Waals surface area contributed by atoms with Gasteiger partial charge in [0.15, 0.2) is 5.65 Å². The molecule has 5 aromatic rings. The van der Waals surface area contributed by atoms with Crippen LogP contribution in [0.15, 0.2) is 87.7 Å². The summed E-state index contributed by atoms with van der Waals surface area (Å²) in [4.78, 5) is 9.09. The van der Waals surface area contributed by atoms with Crippen LogP contribution < -0.4 is 5.73 Å². The molecule has 5 rings (SSSR count). The summed E-state index contributed by atoms with van der Waals surface area (Å²) in [5.74, 6) is -0.0786. The van der Waals surface area contributed by atoms with Crippen molar-refractivity contribution >= 4 is 55.7 Å². The predicted octanol–water partition coefficient (Wildman–Crippen LogP) is 4.84. The molecule has 2 aromatic heterocycles. The topological polar surface area (TPSA) is 103 Å². The van der Waals surface area contributed by atoms with E-state index in [-0.39, 0.29) is 26.8 Å². The maximum absolute atomic E-state index is 13.6. The Morgan fingerprint density at radius 3 is 2.39 bits per heavy atom. The highest BCUT2D eigenvalue weighted by atomic mass is 35.5. The molecule has 0 amide bonds. The van der Waals surface area contributed by atoms with Crippen LogP contribution >= 0.6 is 11.6 Å². The Morgan fingerprint density at radius 2 is 1.67 bits per heavy atom. The molecular weight excluding hydrogens is 458 g/mol. The SMILES string of the molecule is Cc1ccccc1/C=N\n1c(N)c(S(=O)(=O)c2cccc(Cl)c2)c2nc3ccccc3nc21. The van der Waals surface area contributed by atoms with E-state index in [2.05, 4.69) is 15.1 Å². The van der Waals surface area contributed by atoms with Crippen LogP contribution in [0.5, 0.6) is 0 Å². The Bertz CT molecular complexity index is 1680. The van der Waals surface area contributed by atoms with Crippen molar-refractivity contribution in [3.8, 4) is 0 Å². The van der Waals surface area contributed by atoms with Gasteiger partial charge >= 0.3 is 0 Å². The summed E-state index contributed by atoms with van der Waals surface area (Å²) in [5.41, 5.74) is 9.82. The van der Waals surface area contributed by atoms with Crippen LogP contribution in [0, 0.1) is 6.92 Å². The molecular formula is C24H18ClN5O2S. The molecule has 0 fully saturated rings. The van der Waals surface area contributed by atoms with Gasteiger partial charge in [0.1, 0.15) is 16.2 Å². The van der Waals surface area contributed by atoms with Crippen molar-refractivity contribution in [2.45, 2.75) is 16.7 Å². The summed E-state index contributed by atoms with van der Waals surface area (Å²) in [6.07, 6.45) is 1.62. The van der Waals surface area contributed by atoms with E-state index < -0.39 is 9.84 Å². The molecule has 33 heavy (non-hydrogen) atoms. The van der Waals surface area contributed by atoms with Crippen molar-refractivity contribution in [3.63, 3.8) is 0 Å². The third-order valence-corrected chi connectivity index (χ3v) is 7.35. The van der Waals surface area contributed by atoms with Gasteiger partial charge in [0.05, 0.1) is 22.1 Å². The number of benzene rings is 3. The zero-order chi connectivity index (χ0) is 23.2. The van der Waals surface area contributed by atoms with Crippen molar-refractivity contribution in [1.29, 1.82) is 0 Å². The smallest absolute Gasteiger partial charge is 0.212 e. The van der Waals surface area contributed by atoms with E-state index in [1.165, 1.54) is 16.8 Å². The van der Waals surface area contributed by atoms with E-state index in [4.69, 9.17) is 17.3 Å². The number of aromatic nitrogens is 3. The van der Waals surface area contributed by atoms with Gasteiger partial charge in [-0.1, -0.05) is 54.1 Å². The third-order valence-electron chi connectivity index (χ3n) is 5.30. The molecule has 0 unspecified atom stereocenters. The molecule has 2 heterocycles. The quantitative estimate of drug-likeness (QED) is 0.374. The second-order valence-corrected chi connectivity index (χ2v) is 9.80. The van der Waals surface area contributed by atoms with Crippen LogP contribution in [0.1, 0.15) is 11.1 Å². The maximum atomic E-state index is 13.6. The first-order valence-corrected chi connectivity index (χ1v) is 11.9. The molecule has 164 valence electrons. The molecule has 9 heteroatoms. The van der Waals surface area contributed by atoms with Gasteiger partial charge in [-0.15, -0.1) is 0 Å². The molecule has 7 nitrogen and oxygen atoms in total. The monoisotopic (exact) mass is 475 g/mol. The van der Waals surface area contributed by atoms with Crippen molar-refractivity contribution in [1.82, 2.24) is 14.6 Å². The van der Waals surface area contributed by atoms with E-state index >= 15 is 0 Å². The number of nitrogen functional groups attached to an aromatic ring is 1. The number of anilines is 1. The summed E-state index contributed by atoms with van der Waals surface area (Å²) < 4.78 is 28.6. The highest BCUT2D eigenvalue weighted by Crippen LogP contribution is 2.35. The van der Waals surface area contributed by atoms with Crippen LogP contribution in [-0.4, -0.2) is 29.3 Å². The largest absolute Gasteiger partial charge is 0.382 e. The minimum Gasteiger partial charge on any atom is -0.382 e. The van der Waals surface area contributed by atoms with Gasteiger partial charge in [0.25, 0.3) is 0 Å². The highest BCUT2D eigenvalue weighted by molar-refractivity contribution is 7.92. The molecule has 0 bridgehead atoms. The second-order valence-electron chi connectivity index (χ2n) is 7.47. The van der Waals surface area contributed by atoms with Gasteiger partial charge in [0.2, 0.25) is 9.84 Å². The number of fused-ring (bicyclic) bond motifs is 2. The number of hydrogen-bond acceptors (Lipinski definition) is 6. The Balaban J connectivity index is 1.82. The van der Waals surface area contributed by atoms with Crippen LogP contribution in [0.4, 0.5) is 5.82 Å². The van der Waals surface area contributed by atoms with E-state index in [1.54, 1.807) is 30.5 Å². The summed E-state index contributed by atoms with van der Waals surface area (Å²) in [6, 6.07) is 20.9. The third kappa shape index (κ3) is 3.63. The predicted molar refractivity (Wildman–Crippen MR) is 131 cm³/mol. The number of para-hydroxylation sites is 2. The van der Waals surface area contributed by atoms with Gasteiger partial charge in [-0.05, 0) is 48.4 Å². The molecule has 0 saturated heterocycles. The van der Waals surface area contributed by atoms with Crippen LogP contribution in [-0.2, 0) is 9.84 Å². The van der Waals surface area contributed by atoms with E-state index in [9.17, 15) is 8.42 Å². The Labute approximate surface area is 195 Å². The fraction of sp³-hybridized carbons (Fsp3) is 0.0417. The molecule has 0 radical (unpaired) electrons. The van der Waals surface area contributed by atoms with Crippen LogP contribution in [0.2, 0.25) is 5.02 Å². The number of nitrogens with zero attached hydrogens (tertiary/aromatic N) is 4. The van der Waals surface area contributed by atoms with Crippen molar-refractivity contribution in [3.05, 3.63) is 88.9 Å². The Morgan fingerprint density at radius 1 is 0.970 bits per heavy atom. The molecule has 0 aliphatic carbocycles. The van der Waals surface area contributed by atoms with Gasteiger partial charge < -0.3 is 5.73 Å². The lowest BCUT2D eigenvalue weighted by Gasteiger charge is -2.05. The summed E-state index contributed by atoms with van der Waals surface area (Å²) in [7, 11) is -4.06. The number of rotatable bonds is 4. The lowest BCUT2D eigenvalue weighted by Crippen LogP contribution is -2.06. The first-order valence-electron chi connectivity index (χ1n) is 10.0. The average Bonchev–Trinajstić information content (AvgIpc) is 3.07. The average molecular weight is 476 g/mol. The van der Waals surface area contributed by atoms with Crippen LogP contribution in [0.3, 0.4) is 0 Å². The Hall–Kier alpha value is -3.75. The number of sulfone groups is 1. The molecule has 0 spiro atoms. The summed E-state index contributed by atoms with van der Waals surface area (Å²) in [5, 5.41) is 4.79. The van der Waals surface area contributed by atoms with E-state index in [0.29, 0.717) is 16.1 Å². The van der Waals surface area contributed by atoms with Crippen molar-refractivity contribution in [2.24, 2.45) is 5.10 Å². The zero-order valence-electron chi connectivity index (χ0n) is 17.5. The summed E-state index contributed by atoms with van der Waals surface area (Å²) in [6.45, 7) is 1.96. The molecule has 0 atom stereocenters. The number of nitrogens with two attached hydrogens (primary N) is 1. The lowest BCUT2D eigenvalue weighted by atomic mass is 10.1. The Kier molecular flexibility index (Phi) is 5.11. The molecule has 0 saturated carbocycles. The van der Waals surface area contributed by atoms with Crippen molar-refractivity contribution in [2.75, 3.05) is 5.73 Å². The minimum atomic E-state index is -4.06. The second kappa shape index (κ2) is 7.99. The fourth-order valence-corrected chi connectivity index (χ4v) is 5.39. The molecule has 0 aliphatic heterocycles. The normalized spacial score (nSPS) is 12.2. The standard InChI is InChI=1S/C24H18ClN5O2S/c1-15-7-2-3-8-16(15)14-27-30-23(26)22(33(31,32)18-10-6-9-17(25)13-18)21-24(30)29-20-12-5-4-11-19(20)28-21/h2-14H,26H2,1H3/b27-14-. The molecule has 2 N–H and O–H groups in total. The minimum absolute atomic E-state index is 0.0126. The lowest BCUT2D eigenvalue weighted by molar-refractivity contribution is 0.597. The number of aryl methyl sites for hydroxylation is 1. The van der Waals surface area contributed by atoms with Crippen LogP contribution in [0.25, 0.3) is 22.2 Å². The maximum Gasteiger partial charge on any atom is 0.212 e. The zero-order valence-corrected chi connectivity index (χ0v) is 19.0. The van der Waals surface area contributed by atoms with Gasteiger partial charge in [-0.25, -0.2) is 18.4 Å². The number of hydrogen-bond donors (Lipinski definition) is 1. The molecule has 0 aliphatic rings. The van der Waals surface area contributed by atoms with E-state index in [1.807, 2.05) is 43.3 Å². The fourth-order valence-electron chi connectivity index (χ4n) is 3.61. The van der Waals surface area contributed by atoms with E-state index in [0.717, 1.165) is 11.1 Å². The highest BCUT2D eigenvalue weighted by Gasteiger charge is 2.30.